The Morgan fingerprint density at radius 2 is 2.12 bits per heavy atom. The number of carbonyl (C=O) groups is 1. The maximum absolute atomic E-state index is 10.9. The summed E-state index contributed by atoms with van der Waals surface area (Å²) in [6, 6.07) is 0. The summed E-state index contributed by atoms with van der Waals surface area (Å²) in [6.07, 6.45) is -0.831. The van der Waals surface area contributed by atoms with E-state index >= 15 is 0 Å². The number of aryl methyl sites for hydroxylation is 1. The number of ether oxygens (including phenoxy) is 1. The number of rotatable bonds is 5. The zero-order valence-electron chi connectivity index (χ0n) is 10.1. The minimum atomic E-state index is -0.952. The Morgan fingerprint density at radius 3 is 2.50 bits per heavy atom. The molecule has 0 amide bonds. The molecule has 0 spiro atoms. The molecular formula is C11H18N2O3. The summed E-state index contributed by atoms with van der Waals surface area (Å²) in [5.74, 6) is -0.952. The van der Waals surface area contributed by atoms with Gasteiger partial charge in [-0.15, -0.1) is 0 Å². The van der Waals surface area contributed by atoms with Gasteiger partial charge in [0.25, 0.3) is 0 Å². The molecule has 16 heavy (non-hydrogen) atoms. The second-order valence-corrected chi connectivity index (χ2v) is 3.76. The predicted octanol–water partition coefficient (Wildman–Crippen LogP) is 1.30. The van der Waals surface area contributed by atoms with E-state index in [0.717, 1.165) is 17.0 Å². The molecular weight excluding hydrogens is 208 g/mol. The Balaban J connectivity index is 2.85. The summed E-state index contributed by atoms with van der Waals surface area (Å²) >= 11 is 0. The average Bonchev–Trinajstić information content (AvgIpc) is 2.45. The van der Waals surface area contributed by atoms with Gasteiger partial charge in [-0.1, -0.05) is 0 Å². The topological polar surface area (TPSA) is 64.4 Å². The zero-order valence-corrected chi connectivity index (χ0v) is 10.1. The standard InChI is InChI=1S/C11H18N2O3/c1-5-16-10(11(14)15)6-13-9(4)7(2)8(3)12-13/h10H,5-6H2,1-4H3,(H,14,15). The van der Waals surface area contributed by atoms with Gasteiger partial charge in [0, 0.05) is 12.3 Å². The van der Waals surface area contributed by atoms with Gasteiger partial charge in [-0.3, -0.25) is 4.68 Å². The molecule has 0 fully saturated rings. The van der Waals surface area contributed by atoms with Crippen LogP contribution in [0.4, 0.5) is 0 Å². The molecule has 0 radical (unpaired) electrons. The summed E-state index contributed by atoms with van der Waals surface area (Å²) < 4.78 is 6.84. The van der Waals surface area contributed by atoms with Gasteiger partial charge in [-0.2, -0.15) is 5.10 Å². The third-order valence-corrected chi connectivity index (χ3v) is 2.73. The molecule has 1 heterocycles. The predicted molar refractivity (Wildman–Crippen MR) is 59.5 cm³/mol. The second-order valence-electron chi connectivity index (χ2n) is 3.76. The fourth-order valence-electron chi connectivity index (χ4n) is 1.52. The molecule has 1 aromatic rings. The Hall–Kier alpha value is -1.36. The van der Waals surface area contributed by atoms with E-state index in [1.165, 1.54) is 0 Å². The van der Waals surface area contributed by atoms with Crippen LogP contribution in [0.25, 0.3) is 0 Å². The van der Waals surface area contributed by atoms with Gasteiger partial charge in [0.2, 0.25) is 0 Å². The highest BCUT2D eigenvalue weighted by atomic mass is 16.5. The van der Waals surface area contributed by atoms with E-state index in [0.29, 0.717) is 6.61 Å². The molecule has 1 atom stereocenters. The van der Waals surface area contributed by atoms with Crippen LogP contribution in [-0.2, 0) is 16.1 Å². The van der Waals surface area contributed by atoms with Gasteiger partial charge >= 0.3 is 5.97 Å². The monoisotopic (exact) mass is 226 g/mol. The average molecular weight is 226 g/mol. The van der Waals surface area contributed by atoms with Crippen LogP contribution in [0.5, 0.6) is 0 Å². The normalized spacial score (nSPS) is 12.8. The summed E-state index contributed by atoms with van der Waals surface area (Å²) in [4.78, 5) is 10.9. The Labute approximate surface area is 95.0 Å². The summed E-state index contributed by atoms with van der Waals surface area (Å²) in [5, 5.41) is 13.3. The first-order valence-corrected chi connectivity index (χ1v) is 5.32. The van der Waals surface area contributed by atoms with Crippen LogP contribution in [0.1, 0.15) is 23.9 Å². The Kier molecular flexibility index (Phi) is 4.06. The zero-order chi connectivity index (χ0) is 12.3. The Morgan fingerprint density at radius 1 is 1.50 bits per heavy atom. The Bertz CT molecular complexity index is 385. The van der Waals surface area contributed by atoms with Crippen molar-refractivity contribution in [1.82, 2.24) is 9.78 Å². The van der Waals surface area contributed by atoms with E-state index in [4.69, 9.17) is 9.84 Å². The van der Waals surface area contributed by atoms with Gasteiger partial charge in [0.15, 0.2) is 6.10 Å². The van der Waals surface area contributed by atoms with Crippen molar-refractivity contribution in [3.63, 3.8) is 0 Å². The molecule has 1 N–H and O–H groups in total. The van der Waals surface area contributed by atoms with Crippen molar-refractivity contribution >= 4 is 5.97 Å². The lowest BCUT2D eigenvalue weighted by atomic mass is 10.2. The van der Waals surface area contributed by atoms with Crippen molar-refractivity contribution in [3.05, 3.63) is 17.0 Å². The van der Waals surface area contributed by atoms with E-state index in [1.54, 1.807) is 11.6 Å². The highest BCUT2D eigenvalue weighted by Crippen LogP contribution is 2.12. The van der Waals surface area contributed by atoms with Crippen molar-refractivity contribution < 1.29 is 14.6 Å². The van der Waals surface area contributed by atoms with Gasteiger partial charge < -0.3 is 9.84 Å². The van der Waals surface area contributed by atoms with Crippen LogP contribution in [-0.4, -0.2) is 33.6 Å². The van der Waals surface area contributed by atoms with Crippen molar-refractivity contribution in [2.45, 2.75) is 40.3 Å². The van der Waals surface area contributed by atoms with Crippen molar-refractivity contribution in [2.75, 3.05) is 6.61 Å². The van der Waals surface area contributed by atoms with Crippen molar-refractivity contribution in [1.29, 1.82) is 0 Å². The van der Waals surface area contributed by atoms with Crippen molar-refractivity contribution in [3.8, 4) is 0 Å². The molecule has 1 aromatic heterocycles. The molecule has 5 heteroatoms. The van der Waals surface area contributed by atoms with Crippen LogP contribution in [0, 0.1) is 20.8 Å². The van der Waals surface area contributed by atoms with Gasteiger partial charge in [-0.25, -0.2) is 4.79 Å². The molecule has 0 aliphatic heterocycles. The number of carboxylic acids is 1. The largest absolute Gasteiger partial charge is 0.479 e. The van der Waals surface area contributed by atoms with E-state index in [-0.39, 0.29) is 6.54 Å². The third-order valence-electron chi connectivity index (χ3n) is 2.73. The molecule has 90 valence electrons. The smallest absolute Gasteiger partial charge is 0.334 e. The minimum Gasteiger partial charge on any atom is -0.479 e. The summed E-state index contributed by atoms with van der Waals surface area (Å²) in [7, 11) is 0. The number of aliphatic carboxylic acids is 1. The van der Waals surface area contributed by atoms with Crippen LogP contribution < -0.4 is 0 Å². The first-order chi connectivity index (χ1) is 7.47. The number of hydrogen-bond acceptors (Lipinski definition) is 3. The fraction of sp³-hybridized carbons (Fsp3) is 0.636. The molecule has 1 unspecified atom stereocenters. The lowest BCUT2D eigenvalue weighted by molar-refractivity contribution is -0.151. The van der Waals surface area contributed by atoms with Crippen LogP contribution in [0.15, 0.2) is 0 Å². The lowest BCUT2D eigenvalue weighted by Crippen LogP contribution is -2.30. The maximum Gasteiger partial charge on any atom is 0.334 e. The summed E-state index contributed by atoms with van der Waals surface area (Å²) in [6.45, 7) is 8.24. The molecule has 0 bridgehead atoms. The minimum absolute atomic E-state index is 0.254. The van der Waals surface area contributed by atoms with Crippen LogP contribution in [0.3, 0.4) is 0 Å². The molecule has 0 aliphatic rings. The second kappa shape index (κ2) is 5.12. The number of hydrogen-bond donors (Lipinski definition) is 1. The molecule has 0 aromatic carbocycles. The molecule has 0 saturated carbocycles. The molecule has 1 rings (SSSR count). The summed E-state index contributed by atoms with van der Waals surface area (Å²) in [5.41, 5.74) is 3.02. The number of carboxylic acid groups (broad SMARTS) is 1. The van der Waals surface area contributed by atoms with Gasteiger partial charge in [0.1, 0.15) is 0 Å². The number of aromatic nitrogens is 2. The van der Waals surface area contributed by atoms with Crippen LogP contribution >= 0.6 is 0 Å². The van der Waals surface area contributed by atoms with Gasteiger partial charge in [0.05, 0.1) is 12.2 Å². The fourth-order valence-corrected chi connectivity index (χ4v) is 1.52. The SMILES string of the molecule is CCOC(Cn1nc(C)c(C)c1C)C(=O)O. The van der Waals surface area contributed by atoms with E-state index in [2.05, 4.69) is 5.10 Å². The first-order valence-electron chi connectivity index (χ1n) is 5.32. The quantitative estimate of drug-likeness (QED) is 0.821. The lowest BCUT2D eigenvalue weighted by Gasteiger charge is -2.13. The molecule has 0 saturated heterocycles. The maximum atomic E-state index is 10.9. The highest BCUT2D eigenvalue weighted by molar-refractivity contribution is 5.72. The molecule has 5 nitrogen and oxygen atoms in total. The first kappa shape index (κ1) is 12.7. The van der Waals surface area contributed by atoms with Crippen molar-refractivity contribution in [2.24, 2.45) is 0 Å². The molecule has 0 aliphatic carbocycles. The van der Waals surface area contributed by atoms with Gasteiger partial charge in [-0.05, 0) is 33.3 Å². The highest BCUT2D eigenvalue weighted by Gasteiger charge is 2.20. The van der Waals surface area contributed by atoms with E-state index in [9.17, 15) is 4.79 Å². The van der Waals surface area contributed by atoms with E-state index < -0.39 is 12.1 Å². The van der Waals surface area contributed by atoms with E-state index in [1.807, 2.05) is 20.8 Å². The third kappa shape index (κ3) is 2.61. The van der Waals surface area contributed by atoms with Crippen LogP contribution in [0.2, 0.25) is 0 Å². The number of nitrogens with zero attached hydrogens (tertiary/aromatic N) is 2.